The highest BCUT2D eigenvalue weighted by atomic mass is 35.5. The van der Waals surface area contributed by atoms with Crippen LogP contribution in [0.2, 0.25) is 15.1 Å². The maximum absolute atomic E-state index is 13.2. The van der Waals surface area contributed by atoms with Gasteiger partial charge in [-0.3, -0.25) is 4.79 Å². The van der Waals surface area contributed by atoms with Gasteiger partial charge < -0.3 is 10.1 Å². The third-order valence-corrected chi connectivity index (χ3v) is 8.59. The second-order valence-corrected chi connectivity index (χ2v) is 11.5. The van der Waals surface area contributed by atoms with Crippen LogP contribution in [-0.4, -0.2) is 20.5 Å². The Morgan fingerprint density at radius 2 is 1.85 bits per heavy atom. The van der Waals surface area contributed by atoms with Gasteiger partial charge in [0.1, 0.15) is 18.4 Å². The zero-order chi connectivity index (χ0) is 26.9. The molecule has 1 aliphatic carbocycles. The number of anilines is 1. The van der Waals surface area contributed by atoms with Crippen molar-refractivity contribution in [2.45, 2.75) is 42.8 Å². The molecular formula is C29H23Cl3N4O2S. The fraction of sp³-hybridized carbons (Fsp3) is 0.207. The van der Waals surface area contributed by atoms with Gasteiger partial charge in [-0.05, 0) is 54.3 Å². The molecule has 10 heteroatoms. The van der Waals surface area contributed by atoms with Crippen LogP contribution in [0.1, 0.15) is 42.0 Å². The fourth-order valence-electron chi connectivity index (χ4n) is 4.84. The summed E-state index contributed by atoms with van der Waals surface area (Å²) in [5.41, 5.74) is 4.39. The number of nitrogens with zero attached hydrogens (tertiary/aromatic N) is 3. The molecule has 2 aliphatic rings. The molecule has 4 aromatic rings. The lowest BCUT2D eigenvalue weighted by atomic mass is 9.85. The number of thioether (sulfide) groups is 1. The molecule has 39 heavy (non-hydrogen) atoms. The van der Waals surface area contributed by atoms with Crippen LogP contribution < -0.4 is 10.1 Å². The number of Topliss-reactive ketones (excluding diaryl/α,β-unsaturated/α-hetero) is 1. The summed E-state index contributed by atoms with van der Waals surface area (Å²) >= 11 is 20.2. The molecule has 1 aliphatic heterocycles. The maximum Gasteiger partial charge on any atom is 0.227 e. The predicted molar refractivity (Wildman–Crippen MR) is 156 cm³/mol. The van der Waals surface area contributed by atoms with E-state index in [-0.39, 0.29) is 12.4 Å². The van der Waals surface area contributed by atoms with E-state index in [4.69, 9.17) is 49.6 Å². The summed E-state index contributed by atoms with van der Waals surface area (Å²) < 4.78 is 7.90. The Morgan fingerprint density at radius 3 is 2.69 bits per heavy atom. The highest BCUT2D eigenvalue weighted by molar-refractivity contribution is 7.98. The summed E-state index contributed by atoms with van der Waals surface area (Å²) in [4.78, 5) is 18.0. The third kappa shape index (κ3) is 5.54. The average Bonchev–Trinajstić information content (AvgIpc) is 3.34. The minimum absolute atomic E-state index is 0.124. The number of allylic oxidation sites excluding steroid dienone is 2. The topological polar surface area (TPSA) is 69.0 Å². The average molecular weight is 598 g/mol. The van der Waals surface area contributed by atoms with E-state index in [0.29, 0.717) is 44.1 Å². The number of ketones is 1. The first-order valence-corrected chi connectivity index (χ1v) is 14.6. The Balaban J connectivity index is 1.30. The number of nitrogens with one attached hydrogen (secondary N) is 1. The van der Waals surface area contributed by atoms with Gasteiger partial charge in [0.2, 0.25) is 11.1 Å². The van der Waals surface area contributed by atoms with Crippen molar-refractivity contribution in [2.24, 2.45) is 0 Å². The lowest BCUT2D eigenvalue weighted by Crippen LogP contribution is -2.31. The van der Waals surface area contributed by atoms with Crippen molar-refractivity contribution < 1.29 is 9.53 Å². The summed E-state index contributed by atoms with van der Waals surface area (Å²) in [6.45, 7) is 0.288. The number of carbonyl (C=O) groups excluding carboxylic acids is 1. The van der Waals surface area contributed by atoms with Crippen LogP contribution in [0.5, 0.6) is 5.75 Å². The third-order valence-electron chi connectivity index (χ3n) is 6.75. The van der Waals surface area contributed by atoms with Crippen LogP contribution in [0.3, 0.4) is 0 Å². The first kappa shape index (κ1) is 26.3. The van der Waals surface area contributed by atoms with E-state index in [1.54, 1.807) is 12.1 Å². The molecule has 0 radical (unpaired) electrons. The molecule has 0 spiro atoms. The number of aromatic nitrogens is 3. The molecule has 1 unspecified atom stereocenters. The summed E-state index contributed by atoms with van der Waals surface area (Å²) in [7, 11) is 0. The number of ether oxygens (including phenoxy) is 1. The summed E-state index contributed by atoms with van der Waals surface area (Å²) in [5.74, 6) is 2.04. The first-order valence-electron chi connectivity index (χ1n) is 12.5. The Morgan fingerprint density at radius 1 is 0.974 bits per heavy atom. The van der Waals surface area contributed by atoms with E-state index >= 15 is 0 Å². The molecule has 1 atom stereocenters. The molecule has 0 fully saturated rings. The largest absolute Gasteiger partial charge is 0.489 e. The lowest BCUT2D eigenvalue weighted by molar-refractivity contribution is -0.116. The van der Waals surface area contributed by atoms with E-state index in [1.165, 1.54) is 11.8 Å². The summed E-state index contributed by atoms with van der Waals surface area (Å²) in [5, 5.41) is 10.7. The van der Waals surface area contributed by atoms with E-state index in [0.717, 1.165) is 40.8 Å². The second kappa shape index (κ2) is 11.3. The highest BCUT2D eigenvalue weighted by Crippen LogP contribution is 2.41. The number of hydrogen-bond acceptors (Lipinski definition) is 6. The normalized spacial score (nSPS) is 16.5. The minimum Gasteiger partial charge on any atom is -0.489 e. The minimum atomic E-state index is -0.408. The van der Waals surface area contributed by atoms with Crippen molar-refractivity contribution >= 4 is 58.3 Å². The standard InChI is InChI=1S/C29H23Cl3N4O2S/c30-20-12-11-18(23(32)14-20)15-38-21-7-3-6-17(13-21)27-26-24(9-4-10-25(26)37)33-28-34-29(35-36(27)28)39-16-19-5-1-2-8-22(19)31/h1-3,5-8,11-14,27H,4,9-10,15-16H2,(H,33,34,35). The van der Waals surface area contributed by atoms with Crippen LogP contribution in [0, 0.1) is 0 Å². The van der Waals surface area contributed by atoms with Gasteiger partial charge in [-0.15, -0.1) is 5.10 Å². The molecule has 3 aromatic carbocycles. The molecule has 1 aromatic heterocycles. The van der Waals surface area contributed by atoms with Crippen molar-refractivity contribution in [3.63, 3.8) is 0 Å². The summed E-state index contributed by atoms with van der Waals surface area (Å²) in [6.07, 6.45) is 2.11. The van der Waals surface area contributed by atoms with Gasteiger partial charge in [-0.2, -0.15) is 4.98 Å². The van der Waals surface area contributed by atoms with Gasteiger partial charge >= 0.3 is 0 Å². The zero-order valence-corrected chi connectivity index (χ0v) is 23.7. The van der Waals surface area contributed by atoms with Crippen LogP contribution in [0.15, 0.2) is 83.2 Å². The van der Waals surface area contributed by atoms with Crippen molar-refractivity contribution in [1.82, 2.24) is 14.8 Å². The van der Waals surface area contributed by atoms with Gasteiger partial charge in [0.05, 0.1) is 0 Å². The monoisotopic (exact) mass is 596 g/mol. The number of halogens is 3. The summed E-state index contributed by atoms with van der Waals surface area (Å²) in [6, 6.07) is 20.4. The van der Waals surface area contributed by atoms with Crippen LogP contribution in [0.25, 0.3) is 0 Å². The maximum atomic E-state index is 13.2. The van der Waals surface area contributed by atoms with Gasteiger partial charge in [-0.25, -0.2) is 4.68 Å². The van der Waals surface area contributed by atoms with Gasteiger partial charge in [0.15, 0.2) is 5.78 Å². The van der Waals surface area contributed by atoms with Crippen molar-refractivity contribution in [2.75, 3.05) is 5.32 Å². The second-order valence-electron chi connectivity index (χ2n) is 9.34. The van der Waals surface area contributed by atoms with Crippen LogP contribution in [0.4, 0.5) is 5.95 Å². The quantitative estimate of drug-likeness (QED) is 0.217. The molecular weight excluding hydrogens is 575 g/mol. The van der Waals surface area contributed by atoms with Gasteiger partial charge in [0.25, 0.3) is 0 Å². The number of benzene rings is 3. The zero-order valence-electron chi connectivity index (χ0n) is 20.7. The van der Waals surface area contributed by atoms with Crippen molar-refractivity contribution in [3.8, 4) is 5.75 Å². The lowest BCUT2D eigenvalue weighted by Gasteiger charge is -2.32. The molecule has 0 bridgehead atoms. The van der Waals surface area contributed by atoms with E-state index < -0.39 is 6.04 Å². The molecule has 0 saturated heterocycles. The van der Waals surface area contributed by atoms with Gasteiger partial charge in [0, 0.05) is 44.1 Å². The van der Waals surface area contributed by atoms with E-state index in [1.807, 2.05) is 59.3 Å². The SMILES string of the molecule is O=C1CCCC2=C1C(c1cccc(OCc3ccc(Cl)cc3Cl)c1)n1nc(SCc3ccccc3Cl)nc1N2. The Labute approximate surface area is 245 Å². The molecule has 0 amide bonds. The molecule has 2 heterocycles. The number of carbonyl (C=O) groups is 1. The molecule has 6 nitrogen and oxygen atoms in total. The predicted octanol–water partition coefficient (Wildman–Crippen LogP) is 8.13. The van der Waals surface area contributed by atoms with Crippen LogP contribution >= 0.6 is 46.6 Å². The number of hydrogen-bond donors (Lipinski definition) is 1. The van der Waals surface area contributed by atoms with Gasteiger partial charge in [-0.1, -0.05) is 83.0 Å². The Bertz CT molecular complexity index is 1600. The Hall–Kier alpha value is -2.97. The molecule has 6 rings (SSSR count). The molecule has 1 N–H and O–H groups in total. The van der Waals surface area contributed by atoms with Crippen molar-refractivity contribution in [3.05, 3.63) is 110 Å². The van der Waals surface area contributed by atoms with Crippen molar-refractivity contribution in [1.29, 1.82) is 0 Å². The molecule has 0 saturated carbocycles. The Kier molecular flexibility index (Phi) is 7.58. The number of rotatable bonds is 7. The smallest absolute Gasteiger partial charge is 0.227 e. The number of fused-ring (bicyclic) bond motifs is 1. The molecule has 198 valence electrons. The first-order chi connectivity index (χ1) is 19.0. The van der Waals surface area contributed by atoms with E-state index in [2.05, 4.69) is 5.32 Å². The van der Waals surface area contributed by atoms with E-state index in [9.17, 15) is 4.79 Å². The highest BCUT2D eigenvalue weighted by Gasteiger charge is 2.37. The fourth-order valence-corrected chi connectivity index (χ4v) is 6.42. The van der Waals surface area contributed by atoms with Crippen LogP contribution in [-0.2, 0) is 17.2 Å².